The molecule has 0 amide bonds. The molecule has 0 aliphatic carbocycles. The molecule has 2 rings (SSSR count). The van der Waals surface area contributed by atoms with Gasteiger partial charge in [-0.2, -0.15) is 0 Å². The first-order valence-electron chi connectivity index (χ1n) is 7.29. The van der Waals surface area contributed by atoms with Crippen LogP contribution in [0.15, 0.2) is 24.3 Å². The fourth-order valence-electron chi connectivity index (χ4n) is 2.41. The van der Waals surface area contributed by atoms with Crippen LogP contribution in [0.25, 0.3) is 0 Å². The van der Waals surface area contributed by atoms with Crippen molar-refractivity contribution in [1.82, 2.24) is 5.32 Å². The zero-order chi connectivity index (χ0) is 13.5. The summed E-state index contributed by atoms with van der Waals surface area (Å²) in [7, 11) is 0. The van der Waals surface area contributed by atoms with Gasteiger partial charge in [0.1, 0.15) is 0 Å². The van der Waals surface area contributed by atoms with Gasteiger partial charge in [-0.15, -0.1) is 0 Å². The van der Waals surface area contributed by atoms with Crippen molar-refractivity contribution in [3.8, 4) is 0 Å². The fourth-order valence-corrected chi connectivity index (χ4v) is 2.41. The molecule has 106 valence electrons. The summed E-state index contributed by atoms with van der Waals surface area (Å²) in [6.45, 7) is 7.50. The first kappa shape index (κ1) is 14.5. The maximum Gasteiger partial charge on any atom is 0.0809 e. The summed E-state index contributed by atoms with van der Waals surface area (Å²) >= 11 is 0. The van der Waals surface area contributed by atoms with Crippen LogP contribution in [0.2, 0.25) is 0 Å². The van der Waals surface area contributed by atoms with Crippen molar-refractivity contribution in [2.24, 2.45) is 0 Å². The average Bonchev–Trinajstić information content (AvgIpc) is 2.92. The largest absolute Gasteiger partial charge is 0.377 e. The monoisotopic (exact) mass is 263 g/mol. The smallest absolute Gasteiger partial charge is 0.0809 e. The van der Waals surface area contributed by atoms with Crippen molar-refractivity contribution in [2.45, 2.75) is 38.8 Å². The quantitative estimate of drug-likeness (QED) is 0.820. The minimum atomic E-state index is 0.270. The van der Waals surface area contributed by atoms with E-state index >= 15 is 0 Å². The molecule has 2 atom stereocenters. The molecule has 0 aromatic heterocycles. The third kappa shape index (κ3) is 4.60. The Bertz CT molecular complexity index is 358. The van der Waals surface area contributed by atoms with Gasteiger partial charge in [0.15, 0.2) is 0 Å². The molecule has 2 unspecified atom stereocenters. The highest BCUT2D eigenvalue weighted by Crippen LogP contribution is 2.16. The second-order valence-electron chi connectivity index (χ2n) is 5.19. The van der Waals surface area contributed by atoms with Gasteiger partial charge in [-0.3, -0.25) is 0 Å². The number of rotatable bonds is 7. The molecule has 1 heterocycles. The normalized spacial score (nSPS) is 20.6. The van der Waals surface area contributed by atoms with E-state index < -0.39 is 0 Å². The molecule has 1 fully saturated rings. The fraction of sp³-hybridized carbons (Fsp3) is 0.625. The predicted octanol–water partition coefficient (Wildman–Crippen LogP) is 2.84. The first-order chi connectivity index (χ1) is 9.29. The maximum atomic E-state index is 5.83. The Balaban J connectivity index is 1.82. The van der Waals surface area contributed by atoms with Gasteiger partial charge in [0, 0.05) is 6.61 Å². The Hall–Kier alpha value is -0.900. The van der Waals surface area contributed by atoms with Gasteiger partial charge in [0.25, 0.3) is 0 Å². The lowest BCUT2D eigenvalue weighted by Gasteiger charge is -2.20. The molecular formula is C16H25NO2. The van der Waals surface area contributed by atoms with Gasteiger partial charge in [-0.25, -0.2) is 0 Å². The number of ether oxygens (including phenoxy) is 2. The van der Waals surface area contributed by atoms with Crippen molar-refractivity contribution < 1.29 is 9.47 Å². The van der Waals surface area contributed by atoms with Crippen molar-refractivity contribution in [3.05, 3.63) is 35.4 Å². The molecule has 1 aliphatic rings. The van der Waals surface area contributed by atoms with Crippen LogP contribution in [0.1, 0.15) is 36.9 Å². The van der Waals surface area contributed by atoms with E-state index in [1.54, 1.807) is 0 Å². The first-order valence-corrected chi connectivity index (χ1v) is 7.29. The van der Waals surface area contributed by atoms with Crippen LogP contribution in [-0.2, 0) is 9.47 Å². The number of nitrogens with one attached hydrogen (secondary N) is 1. The van der Waals surface area contributed by atoms with Gasteiger partial charge in [0.2, 0.25) is 0 Å². The van der Waals surface area contributed by atoms with Crippen LogP contribution in [-0.4, -0.2) is 32.5 Å². The summed E-state index contributed by atoms with van der Waals surface area (Å²) in [6.07, 6.45) is 2.61. The average molecular weight is 263 g/mol. The SMILES string of the molecule is CCNC(COCC1CCCO1)c1ccc(C)cc1. The van der Waals surface area contributed by atoms with E-state index in [1.165, 1.54) is 17.5 Å². The summed E-state index contributed by atoms with van der Waals surface area (Å²) in [5, 5.41) is 3.48. The van der Waals surface area contributed by atoms with Crippen LogP contribution in [0, 0.1) is 6.92 Å². The highest BCUT2D eigenvalue weighted by Gasteiger charge is 2.17. The zero-order valence-corrected chi connectivity index (χ0v) is 12.0. The molecule has 1 aliphatic heterocycles. The summed E-state index contributed by atoms with van der Waals surface area (Å²) in [5.74, 6) is 0. The van der Waals surface area contributed by atoms with Crippen molar-refractivity contribution in [1.29, 1.82) is 0 Å². The van der Waals surface area contributed by atoms with E-state index in [1.807, 2.05) is 0 Å². The lowest BCUT2D eigenvalue weighted by atomic mass is 10.1. The summed E-state index contributed by atoms with van der Waals surface area (Å²) in [4.78, 5) is 0. The topological polar surface area (TPSA) is 30.5 Å². The Kier molecular flexibility index (Phi) is 5.83. The minimum Gasteiger partial charge on any atom is -0.377 e. The van der Waals surface area contributed by atoms with Gasteiger partial charge in [-0.05, 0) is 31.9 Å². The van der Waals surface area contributed by atoms with Gasteiger partial charge < -0.3 is 14.8 Å². The van der Waals surface area contributed by atoms with E-state index in [0.717, 1.165) is 19.6 Å². The van der Waals surface area contributed by atoms with E-state index in [-0.39, 0.29) is 6.04 Å². The van der Waals surface area contributed by atoms with Crippen LogP contribution in [0.5, 0.6) is 0 Å². The lowest BCUT2D eigenvalue weighted by molar-refractivity contribution is 0.0101. The Morgan fingerprint density at radius 1 is 1.37 bits per heavy atom. The molecule has 1 aromatic rings. The van der Waals surface area contributed by atoms with E-state index in [4.69, 9.17) is 9.47 Å². The number of aryl methyl sites for hydroxylation is 1. The Labute approximate surface area is 116 Å². The van der Waals surface area contributed by atoms with Gasteiger partial charge >= 0.3 is 0 Å². The number of likely N-dealkylation sites (N-methyl/N-ethyl adjacent to an activating group) is 1. The molecule has 0 radical (unpaired) electrons. The van der Waals surface area contributed by atoms with Gasteiger partial charge in [-0.1, -0.05) is 36.8 Å². The molecule has 0 spiro atoms. The maximum absolute atomic E-state index is 5.83. The summed E-state index contributed by atoms with van der Waals surface area (Å²) in [6, 6.07) is 8.93. The minimum absolute atomic E-state index is 0.270. The second kappa shape index (κ2) is 7.63. The Morgan fingerprint density at radius 2 is 2.16 bits per heavy atom. The Morgan fingerprint density at radius 3 is 2.79 bits per heavy atom. The molecule has 1 aromatic carbocycles. The third-order valence-electron chi connectivity index (χ3n) is 3.54. The second-order valence-corrected chi connectivity index (χ2v) is 5.19. The summed E-state index contributed by atoms with van der Waals surface area (Å²) in [5.41, 5.74) is 2.58. The standard InChI is InChI=1S/C16H25NO2/c1-3-17-16(14-8-6-13(2)7-9-14)12-18-11-15-5-4-10-19-15/h6-9,15-17H,3-5,10-12H2,1-2H3. The van der Waals surface area contributed by atoms with Gasteiger partial charge in [0.05, 0.1) is 25.4 Å². The molecule has 1 saturated heterocycles. The van der Waals surface area contributed by atoms with E-state index in [2.05, 4.69) is 43.4 Å². The van der Waals surface area contributed by atoms with Crippen molar-refractivity contribution in [3.63, 3.8) is 0 Å². The molecule has 3 nitrogen and oxygen atoms in total. The molecule has 3 heteroatoms. The molecule has 19 heavy (non-hydrogen) atoms. The summed E-state index contributed by atoms with van der Waals surface area (Å²) < 4.78 is 11.4. The van der Waals surface area contributed by atoms with E-state index in [9.17, 15) is 0 Å². The highest BCUT2D eigenvalue weighted by atomic mass is 16.5. The van der Waals surface area contributed by atoms with Crippen LogP contribution < -0.4 is 5.32 Å². The van der Waals surface area contributed by atoms with Crippen molar-refractivity contribution in [2.75, 3.05) is 26.4 Å². The predicted molar refractivity (Wildman–Crippen MR) is 77.4 cm³/mol. The van der Waals surface area contributed by atoms with Crippen LogP contribution in [0.3, 0.4) is 0 Å². The van der Waals surface area contributed by atoms with E-state index in [0.29, 0.717) is 19.3 Å². The van der Waals surface area contributed by atoms with Crippen molar-refractivity contribution >= 4 is 0 Å². The van der Waals surface area contributed by atoms with Crippen LogP contribution in [0.4, 0.5) is 0 Å². The molecule has 0 bridgehead atoms. The third-order valence-corrected chi connectivity index (χ3v) is 3.54. The zero-order valence-electron chi connectivity index (χ0n) is 12.0. The highest BCUT2D eigenvalue weighted by molar-refractivity contribution is 5.24. The lowest BCUT2D eigenvalue weighted by Crippen LogP contribution is -2.27. The molecule has 0 saturated carbocycles. The molecular weight excluding hydrogens is 238 g/mol. The number of benzene rings is 1. The number of hydrogen-bond donors (Lipinski definition) is 1. The molecule has 1 N–H and O–H groups in total. The van der Waals surface area contributed by atoms with Crippen LogP contribution >= 0.6 is 0 Å². The number of hydrogen-bond acceptors (Lipinski definition) is 3.